The molecule has 1 unspecified atom stereocenters. The van der Waals surface area contributed by atoms with E-state index in [0.717, 1.165) is 51.3 Å². The lowest BCUT2D eigenvalue weighted by atomic mass is 9.81. The normalized spacial score (nSPS) is 25.1. The molecule has 2 heterocycles. The molecule has 0 N–H and O–H groups in total. The zero-order valence-electron chi connectivity index (χ0n) is 10.4. The molecule has 0 radical (unpaired) electrons. The smallest absolute Gasteiger partial charge is 0.138 e. The Morgan fingerprint density at radius 2 is 2.47 bits per heavy atom. The molecule has 0 bridgehead atoms. The van der Waals surface area contributed by atoms with Gasteiger partial charge in [-0.3, -0.25) is 4.68 Å². The van der Waals surface area contributed by atoms with E-state index in [0.29, 0.717) is 5.88 Å². The fourth-order valence-corrected chi connectivity index (χ4v) is 2.67. The maximum absolute atomic E-state index is 6.15. The number of nitrogens with zero attached hydrogens (tertiary/aromatic N) is 3. The van der Waals surface area contributed by atoms with E-state index in [9.17, 15) is 0 Å². The molecule has 2 rings (SSSR count). The summed E-state index contributed by atoms with van der Waals surface area (Å²) in [5, 5.41) is 4.26. The van der Waals surface area contributed by atoms with Gasteiger partial charge in [0.05, 0.1) is 6.61 Å². The van der Waals surface area contributed by atoms with E-state index in [-0.39, 0.29) is 5.41 Å². The summed E-state index contributed by atoms with van der Waals surface area (Å²) in [4.78, 5) is 4.36. The monoisotopic (exact) mass is 257 g/mol. The van der Waals surface area contributed by atoms with Gasteiger partial charge in [0, 0.05) is 30.9 Å². The van der Waals surface area contributed by atoms with Crippen molar-refractivity contribution in [1.82, 2.24) is 14.8 Å². The Bertz CT molecular complexity index is 347. The van der Waals surface area contributed by atoms with Gasteiger partial charge in [-0.25, -0.2) is 4.98 Å². The SMILES string of the molecule is CCCn1ncnc1CC1(CCl)CCCOC1. The minimum absolute atomic E-state index is 0.0539. The largest absolute Gasteiger partial charge is 0.381 e. The number of aromatic nitrogens is 3. The molecule has 1 saturated heterocycles. The van der Waals surface area contributed by atoms with Crippen molar-refractivity contribution < 1.29 is 4.74 Å². The minimum atomic E-state index is 0.0539. The van der Waals surface area contributed by atoms with Gasteiger partial charge < -0.3 is 4.74 Å². The van der Waals surface area contributed by atoms with Crippen molar-refractivity contribution in [3.05, 3.63) is 12.2 Å². The van der Waals surface area contributed by atoms with Gasteiger partial charge in [-0.05, 0) is 19.3 Å². The van der Waals surface area contributed by atoms with Crippen LogP contribution in [0.2, 0.25) is 0 Å². The molecule has 1 atom stereocenters. The second-order valence-electron chi connectivity index (χ2n) is 4.87. The van der Waals surface area contributed by atoms with Crippen LogP contribution in [0.15, 0.2) is 6.33 Å². The quantitative estimate of drug-likeness (QED) is 0.760. The van der Waals surface area contributed by atoms with E-state index in [4.69, 9.17) is 16.3 Å². The number of alkyl halides is 1. The first-order valence-corrected chi connectivity index (χ1v) is 6.83. The Labute approximate surface area is 107 Å². The van der Waals surface area contributed by atoms with Crippen LogP contribution in [-0.2, 0) is 17.7 Å². The molecule has 17 heavy (non-hydrogen) atoms. The van der Waals surface area contributed by atoms with E-state index in [1.807, 2.05) is 4.68 Å². The third-order valence-electron chi connectivity index (χ3n) is 3.35. The van der Waals surface area contributed by atoms with Crippen molar-refractivity contribution in [2.24, 2.45) is 5.41 Å². The highest BCUT2D eigenvalue weighted by Crippen LogP contribution is 2.33. The van der Waals surface area contributed by atoms with Crippen LogP contribution in [0.5, 0.6) is 0 Å². The van der Waals surface area contributed by atoms with Gasteiger partial charge in [0.25, 0.3) is 0 Å². The average Bonchev–Trinajstić information content (AvgIpc) is 2.78. The van der Waals surface area contributed by atoms with Crippen LogP contribution < -0.4 is 0 Å². The van der Waals surface area contributed by atoms with Crippen molar-refractivity contribution in [2.45, 2.75) is 39.2 Å². The standard InChI is InChI=1S/C12H20ClN3O/c1-2-5-16-11(14-10-15-16)7-12(8-13)4-3-6-17-9-12/h10H,2-9H2,1H3. The summed E-state index contributed by atoms with van der Waals surface area (Å²) in [5.74, 6) is 1.67. The summed E-state index contributed by atoms with van der Waals surface area (Å²) in [6, 6.07) is 0. The van der Waals surface area contributed by atoms with Gasteiger partial charge in [0.2, 0.25) is 0 Å². The first-order valence-electron chi connectivity index (χ1n) is 6.30. The average molecular weight is 258 g/mol. The lowest BCUT2D eigenvalue weighted by Crippen LogP contribution is -2.36. The van der Waals surface area contributed by atoms with Gasteiger partial charge in [-0.15, -0.1) is 11.6 Å². The lowest BCUT2D eigenvalue weighted by Gasteiger charge is -2.34. The molecule has 1 aliphatic rings. The maximum Gasteiger partial charge on any atom is 0.138 e. The number of halogens is 1. The number of aryl methyl sites for hydroxylation is 1. The summed E-state index contributed by atoms with van der Waals surface area (Å²) in [6.45, 7) is 4.68. The van der Waals surface area contributed by atoms with Crippen LogP contribution in [0.25, 0.3) is 0 Å². The topological polar surface area (TPSA) is 39.9 Å². The Kier molecular flexibility index (Phi) is 4.40. The molecule has 0 amide bonds. The summed E-state index contributed by atoms with van der Waals surface area (Å²) >= 11 is 6.15. The minimum Gasteiger partial charge on any atom is -0.381 e. The van der Waals surface area contributed by atoms with Crippen molar-refractivity contribution in [2.75, 3.05) is 19.1 Å². The Hall–Kier alpha value is -0.610. The number of hydrogen-bond acceptors (Lipinski definition) is 3. The van der Waals surface area contributed by atoms with Crippen LogP contribution >= 0.6 is 11.6 Å². The van der Waals surface area contributed by atoms with Gasteiger partial charge in [-0.2, -0.15) is 5.10 Å². The van der Waals surface area contributed by atoms with Gasteiger partial charge >= 0.3 is 0 Å². The third kappa shape index (κ3) is 2.99. The summed E-state index contributed by atoms with van der Waals surface area (Å²) < 4.78 is 7.57. The Balaban J connectivity index is 2.09. The molecule has 0 spiro atoms. The zero-order chi connectivity index (χ0) is 12.1. The lowest BCUT2D eigenvalue weighted by molar-refractivity contribution is 0.00328. The van der Waals surface area contributed by atoms with Crippen LogP contribution in [-0.4, -0.2) is 33.9 Å². The molecule has 5 heteroatoms. The van der Waals surface area contributed by atoms with Gasteiger partial charge in [-0.1, -0.05) is 6.92 Å². The molecule has 96 valence electrons. The van der Waals surface area contributed by atoms with Crippen LogP contribution in [0.3, 0.4) is 0 Å². The van der Waals surface area contributed by atoms with Gasteiger partial charge in [0.15, 0.2) is 0 Å². The molecular formula is C12H20ClN3O. The summed E-state index contributed by atoms with van der Waals surface area (Å²) in [7, 11) is 0. The highest BCUT2D eigenvalue weighted by atomic mass is 35.5. The fraction of sp³-hybridized carbons (Fsp3) is 0.833. The molecular weight excluding hydrogens is 238 g/mol. The first-order chi connectivity index (χ1) is 8.29. The molecule has 0 aromatic carbocycles. The number of hydrogen-bond donors (Lipinski definition) is 0. The number of rotatable bonds is 5. The highest BCUT2D eigenvalue weighted by Gasteiger charge is 2.33. The van der Waals surface area contributed by atoms with Crippen molar-refractivity contribution in [1.29, 1.82) is 0 Å². The van der Waals surface area contributed by atoms with Gasteiger partial charge in [0.1, 0.15) is 12.2 Å². The third-order valence-corrected chi connectivity index (χ3v) is 3.92. The van der Waals surface area contributed by atoms with E-state index >= 15 is 0 Å². The molecule has 4 nitrogen and oxygen atoms in total. The predicted octanol–water partition coefficient (Wildman–Crippen LogP) is 2.27. The Morgan fingerprint density at radius 3 is 3.12 bits per heavy atom. The maximum atomic E-state index is 6.15. The summed E-state index contributed by atoms with van der Waals surface area (Å²) in [5.41, 5.74) is 0.0539. The van der Waals surface area contributed by atoms with Crippen LogP contribution in [0.4, 0.5) is 0 Å². The molecule has 1 aliphatic heterocycles. The van der Waals surface area contributed by atoms with Crippen LogP contribution in [0.1, 0.15) is 32.0 Å². The van der Waals surface area contributed by atoms with E-state index in [1.165, 1.54) is 0 Å². The molecule has 1 fully saturated rings. The Morgan fingerprint density at radius 1 is 1.59 bits per heavy atom. The van der Waals surface area contributed by atoms with Crippen molar-refractivity contribution in [3.8, 4) is 0 Å². The van der Waals surface area contributed by atoms with E-state index in [2.05, 4.69) is 17.0 Å². The van der Waals surface area contributed by atoms with E-state index in [1.54, 1.807) is 6.33 Å². The van der Waals surface area contributed by atoms with E-state index < -0.39 is 0 Å². The van der Waals surface area contributed by atoms with Crippen molar-refractivity contribution in [3.63, 3.8) is 0 Å². The zero-order valence-corrected chi connectivity index (χ0v) is 11.1. The second-order valence-corrected chi connectivity index (χ2v) is 5.13. The van der Waals surface area contributed by atoms with Crippen molar-refractivity contribution >= 4 is 11.6 Å². The predicted molar refractivity (Wildman–Crippen MR) is 67.2 cm³/mol. The highest BCUT2D eigenvalue weighted by molar-refractivity contribution is 6.18. The second kappa shape index (κ2) is 5.83. The fourth-order valence-electron chi connectivity index (χ4n) is 2.36. The first kappa shape index (κ1) is 12.8. The number of ether oxygens (including phenoxy) is 1. The molecule has 0 saturated carbocycles. The molecule has 1 aromatic rings. The van der Waals surface area contributed by atoms with Crippen LogP contribution in [0, 0.1) is 5.41 Å². The molecule has 0 aliphatic carbocycles. The molecule has 1 aromatic heterocycles. The summed E-state index contributed by atoms with van der Waals surface area (Å²) in [6.07, 6.45) is 5.79.